The summed E-state index contributed by atoms with van der Waals surface area (Å²) in [6.07, 6.45) is 21.9. The molecular formula is C18H25N. The third kappa shape index (κ3) is 4.66. The molecule has 2 aliphatic carbocycles. The number of nitrogens with zero attached hydrogens (tertiary/aromatic N) is 1. The van der Waals surface area contributed by atoms with Gasteiger partial charge in [0.05, 0.1) is 0 Å². The Hall–Kier alpha value is -1.37. The Morgan fingerprint density at radius 3 is 2.79 bits per heavy atom. The average molecular weight is 255 g/mol. The van der Waals surface area contributed by atoms with Crippen LogP contribution in [0.5, 0.6) is 0 Å². The van der Waals surface area contributed by atoms with Gasteiger partial charge in [-0.05, 0) is 42.7 Å². The van der Waals surface area contributed by atoms with Crippen LogP contribution in [0.15, 0.2) is 53.1 Å². The highest BCUT2D eigenvalue weighted by molar-refractivity contribution is 5.86. The molecule has 0 amide bonds. The molecule has 0 aromatic carbocycles. The van der Waals surface area contributed by atoms with Gasteiger partial charge in [0, 0.05) is 12.8 Å². The van der Waals surface area contributed by atoms with Crippen LogP contribution in [0.25, 0.3) is 0 Å². The smallest absolute Gasteiger partial charge is 0.0417 e. The van der Waals surface area contributed by atoms with Gasteiger partial charge >= 0.3 is 0 Å². The van der Waals surface area contributed by atoms with Gasteiger partial charge in [0.15, 0.2) is 0 Å². The maximum absolute atomic E-state index is 4.67. The van der Waals surface area contributed by atoms with Crippen LogP contribution in [-0.4, -0.2) is 12.8 Å². The first kappa shape index (κ1) is 14.0. The first-order valence-electron chi connectivity index (χ1n) is 7.60. The fourth-order valence-electron chi connectivity index (χ4n) is 2.84. The van der Waals surface area contributed by atoms with Gasteiger partial charge in [-0.2, -0.15) is 0 Å². The van der Waals surface area contributed by atoms with Crippen LogP contribution in [0, 0.1) is 5.92 Å². The minimum absolute atomic E-state index is 0.811. The summed E-state index contributed by atoms with van der Waals surface area (Å²) in [5.41, 5.74) is 2.49. The third-order valence-corrected chi connectivity index (χ3v) is 3.94. The molecule has 0 unspecified atom stereocenters. The highest BCUT2D eigenvalue weighted by Gasteiger charge is 2.12. The molecule has 0 aromatic heterocycles. The number of allylic oxidation sites excluding steroid dienone is 7. The van der Waals surface area contributed by atoms with Gasteiger partial charge in [-0.3, -0.25) is 4.99 Å². The molecule has 1 saturated carbocycles. The molecule has 0 saturated heterocycles. The molecular weight excluding hydrogens is 230 g/mol. The van der Waals surface area contributed by atoms with Gasteiger partial charge in [0.1, 0.15) is 0 Å². The second-order valence-corrected chi connectivity index (χ2v) is 5.50. The van der Waals surface area contributed by atoms with Crippen LogP contribution < -0.4 is 0 Å². The molecule has 0 radical (unpaired) electrons. The van der Waals surface area contributed by atoms with Crippen molar-refractivity contribution in [3.8, 4) is 0 Å². The summed E-state index contributed by atoms with van der Waals surface area (Å²) < 4.78 is 0. The first-order valence-corrected chi connectivity index (χ1v) is 7.60. The Bertz CT molecular complexity index is 403. The van der Waals surface area contributed by atoms with E-state index in [9.17, 15) is 0 Å². The molecule has 0 N–H and O–H groups in total. The zero-order valence-corrected chi connectivity index (χ0v) is 11.9. The topological polar surface area (TPSA) is 12.4 Å². The molecule has 1 nitrogen and oxygen atoms in total. The lowest BCUT2D eigenvalue weighted by Gasteiger charge is -2.19. The Kier molecular flexibility index (Phi) is 5.87. The van der Waals surface area contributed by atoms with Gasteiger partial charge in [0.2, 0.25) is 0 Å². The van der Waals surface area contributed by atoms with Gasteiger partial charge < -0.3 is 0 Å². The monoisotopic (exact) mass is 255 g/mol. The number of aliphatic imine (C=N–C) groups is 1. The molecule has 2 rings (SSSR count). The number of hydrogen-bond acceptors (Lipinski definition) is 1. The zero-order valence-electron chi connectivity index (χ0n) is 11.9. The minimum Gasteiger partial charge on any atom is -0.292 e. The molecule has 102 valence electrons. The van der Waals surface area contributed by atoms with Crippen LogP contribution in [-0.2, 0) is 0 Å². The summed E-state index contributed by atoms with van der Waals surface area (Å²) in [6.45, 7) is 4.80. The maximum Gasteiger partial charge on any atom is 0.0417 e. The Labute approximate surface area is 117 Å². The number of hydrogen-bond donors (Lipinski definition) is 0. The largest absolute Gasteiger partial charge is 0.292 e. The van der Waals surface area contributed by atoms with Crippen molar-refractivity contribution >= 4 is 6.21 Å². The fourth-order valence-corrected chi connectivity index (χ4v) is 2.84. The minimum atomic E-state index is 0.811. The second kappa shape index (κ2) is 7.93. The van der Waals surface area contributed by atoms with Gasteiger partial charge in [-0.1, -0.05) is 56.2 Å². The lowest BCUT2D eigenvalue weighted by atomic mass is 9.89. The molecule has 0 spiro atoms. The van der Waals surface area contributed by atoms with Crippen molar-refractivity contribution in [3.05, 3.63) is 48.1 Å². The number of rotatable bonds is 5. The van der Waals surface area contributed by atoms with E-state index in [0.717, 1.165) is 25.3 Å². The van der Waals surface area contributed by atoms with Gasteiger partial charge in [-0.15, -0.1) is 0 Å². The van der Waals surface area contributed by atoms with Crippen molar-refractivity contribution in [3.63, 3.8) is 0 Å². The summed E-state index contributed by atoms with van der Waals surface area (Å²) >= 11 is 0. The standard InChI is InChI=1S/C18H25N/c1-2-9-18(17-12-7-4-8-13-17)15-19-14-16-10-5-3-6-11-16/h2,7,9,12-13,15-16H,1,3-6,8,10-11,14H2/b18-9+,19-15?. The first-order chi connectivity index (χ1) is 9.40. The van der Waals surface area contributed by atoms with E-state index in [1.54, 1.807) is 0 Å². The summed E-state index contributed by atoms with van der Waals surface area (Å²) in [5.74, 6) is 0.811. The lowest BCUT2D eigenvalue weighted by Crippen LogP contribution is -2.09. The van der Waals surface area contributed by atoms with Crippen molar-refractivity contribution in [2.75, 3.05) is 6.54 Å². The predicted octanol–water partition coefficient (Wildman–Crippen LogP) is 5.03. The molecule has 0 aromatic rings. The SMILES string of the molecule is C=C/C=C(\C=NCC1CCCCC1)C1=CCCC=C1. The van der Waals surface area contributed by atoms with Crippen molar-refractivity contribution in [2.45, 2.75) is 44.9 Å². The van der Waals surface area contributed by atoms with Crippen LogP contribution in [0.1, 0.15) is 44.9 Å². The van der Waals surface area contributed by atoms with Crippen molar-refractivity contribution < 1.29 is 0 Å². The van der Waals surface area contributed by atoms with Gasteiger partial charge in [0.25, 0.3) is 0 Å². The van der Waals surface area contributed by atoms with Crippen molar-refractivity contribution in [1.29, 1.82) is 0 Å². The van der Waals surface area contributed by atoms with E-state index in [1.165, 1.54) is 43.3 Å². The van der Waals surface area contributed by atoms with E-state index in [2.05, 4.69) is 35.9 Å². The Morgan fingerprint density at radius 2 is 2.11 bits per heavy atom. The normalized spacial score (nSPS) is 21.7. The lowest BCUT2D eigenvalue weighted by molar-refractivity contribution is 0.367. The van der Waals surface area contributed by atoms with Crippen molar-refractivity contribution in [2.24, 2.45) is 10.9 Å². The van der Waals surface area contributed by atoms with E-state index in [0.29, 0.717) is 0 Å². The summed E-state index contributed by atoms with van der Waals surface area (Å²) in [4.78, 5) is 4.67. The van der Waals surface area contributed by atoms with Crippen LogP contribution in [0.3, 0.4) is 0 Å². The summed E-state index contributed by atoms with van der Waals surface area (Å²) in [5, 5.41) is 0. The molecule has 0 bridgehead atoms. The summed E-state index contributed by atoms with van der Waals surface area (Å²) in [7, 11) is 0. The molecule has 0 atom stereocenters. The zero-order chi connectivity index (χ0) is 13.3. The quantitative estimate of drug-likeness (QED) is 0.483. The van der Waals surface area contributed by atoms with Crippen LogP contribution in [0.4, 0.5) is 0 Å². The van der Waals surface area contributed by atoms with E-state index in [-0.39, 0.29) is 0 Å². The van der Waals surface area contributed by atoms with Crippen molar-refractivity contribution in [1.82, 2.24) is 0 Å². The van der Waals surface area contributed by atoms with Gasteiger partial charge in [-0.25, -0.2) is 0 Å². The highest BCUT2D eigenvalue weighted by Crippen LogP contribution is 2.24. The molecule has 2 aliphatic rings. The van der Waals surface area contributed by atoms with E-state index >= 15 is 0 Å². The third-order valence-electron chi connectivity index (χ3n) is 3.94. The Balaban J connectivity index is 1.92. The fraction of sp³-hybridized carbons (Fsp3) is 0.500. The molecule has 0 heterocycles. The molecule has 1 fully saturated rings. The summed E-state index contributed by atoms with van der Waals surface area (Å²) in [6, 6.07) is 0. The van der Waals surface area contributed by atoms with E-state index < -0.39 is 0 Å². The predicted molar refractivity (Wildman–Crippen MR) is 84.7 cm³/mol. The maximum atomic E-state index is 4.67. The molecule has 1 heteroatoms. The Morgan fingerprint density at radius 1 is 1.26 bits per heavy atom. The van der Waals surface area contributed by atoms with E-state index in [1.807, 2.05) is 12.3 Å². The van der Waals surface area contributed by atoms with Crippen LogP contribution >= 0.6 is 0 Å². The highest BCUT2D eigenvalue weighted by atomic mass is 14.7. The molecule has 0 aliphatic heterocycles. The second-order valence-electron chi connectivity index (χ2n) is 5.50. The van der Waals surface area contributed by atoms with Crippen LogP contribution in [0.2, 0.25) is 0 Å². The average Bonchev–Trinajstić information content (AvgIpc) is 2.48. The van der Waals surface area contributed by atoms with E-state index in [4.69, 9.17) is 0 Å². The molecule has 19 heavy (non-hydrogen) atoms.